The van der Waals surface area contributed by atoms with Crippen LogP contribution < -0.4 is 14.2 Å². The zero-order valence-electron chi connectivity index (χ0n) is 16.9. The van der Waals surface area contributed by atoms with Crippen molar-refractivity contribution < 1.29 is 22.6 Å². The predicted molar refractivity (Wildman–Crippen MR) is 112 cm³/mol. The predicted octanol–water partition coefficient (Wildman–Crippen LogP) is 2.55. The molecule has 1 aromatic carbocycles. The fourth-order valence-electron chi connectivity index (χ4n) is 3.35. The van der Waals surface area contributed by atoms with Crippen LogP contribution in [0.15, 0.2) is 30.7 Å². The summed E-state index contributed by atoms with van der Waals surface area (Å²) in [4.78, 5) is 12.9. The number of benzene rings is 1. The van der Waals surface area contributed by atoms with E-state index in [1.165, 1.54) is 13.4 Å². The van der Waals surface area contributed by atoms with Crippen LogP contribution in [0.4, 0.5) is 5.69 Å². The van der Waals surface area contributed by atoms with Crippen molar-refractivity contribution in [3.05, 3.63) is 36.4 Å². The number of aryl methyl sites for hydroxylation is 1. The van der Waals surface area contributed by atoms with E-state index in [9.17, 15) is 8.42 Å². The summed E-state index contributed by atoms with van der Waals surface area (Å²) < 4.78 is 42.7. The molecular formula is C20H22N4O5S. The van der Waals surface area contributed by atoms with Crippen molar-refractivity contribution in [1.82, 2.24) is 15.0 Å². The minimum Gasteiger partial charge on any atom is -0.486 e. The van der Waals surface area contributed by atoms with Gasteiger partial charge in [0, 0.05) is 29.3 Å². The van der Waals surface area contributed by atoms with Crippen LogP contribution in [0.2, 0.25) is 0 Å². The number of nitrogens with one attached hydrogen (secondary N) is 1. The minimum absolute atomic E-state index is 0.0461. The van der Waals surface area contributed by atoms with Crippen LogP contribution in [0.25, 0.3) is 22.0 Å². The van der Waals surface area contributed by atoms with Crippen molar-refractivity contribution in [1.29, 1.82) is 0 Å². The molecule has 1 unspecified atom stereocenters. The molecule has 3 aromatic rings. The van der Waals surface area contributed by atoms with Gasteiger partial charge in [0.15, 0.2) is 0 Å². The maximum Gasteiger partial charge on any atom is 0.238 e. The van der Waals surface area contributed by atoms with Crippen molar-refractivity contribution >= 4 is 26.6 Å². The Kier molecular flexibility index (Phi) is 5.44. The number of ether oxygens (including phenoxy) is 3. The molecule has 0 aliphatic carbocycles. The maximum atomic E-state index is 11.7. The van der Waals surface area contributed by atoms with Crippen LogP contribution in [0.3, 0.4) is 0 Å². The van der Waals surface area contributed by atoms with E-state index in [1.807, 2.05) is 19.1 Å². The average Bonchev–Trinajstić information content (AvgIpc) is 3.20. The third-order valence-corrected chi connectivity index (χ3v) is 5.35. The summed E-state index contributed by atoms with van der Waals surface area (Å²) in [7, 11) is -2.07. The molecule has 0 spiro atoms. The van der Waals surface area contributed by atoms with Crippen LogP contribution in [-0.4, -0.2) is 56.1 Å². The minimum atomic E-state index is -3.50. The molecule has 158 valence electrons. The largest absolute Gasteiger partial charge is 0.486 e. The fraction of sp³-hybridized carbons (Fsp3) is 0.350. The number of methoxy groups -OCH3 is 1. The standard InChI is InChI=1S/C20H22N4O5S/c1-12-16-6-13(14-7-17(24-30(3,25)26)20(27-2)21-9-14)8-18(19(16)23-11-22-12)29-15-4-5-28-10-15/h6-9,11,15,24H,4-5,10H2,1-3H3. The molecule has 0 amide bonds. The van der Waals surface area contributed by atoms with Gasteiger partial charge < -0.3 is 14.2 Å². The molecule has 1 atom stereocenters. The third kappa shape index (κ3) is 4.29. The van der Waals surface area contributed by atoms with E-state index in [-0.39, 0.29) is 17.7 Å². The zero-order chi connectivity index (χ0) is 21.3. The number of aromatic nitrogens is 3. The molecule has 0 bridgehead atoms. The Labute approximate surface area is 174 Å². The zero-order valence-corrected chi connectivity index (χ0v) is 17.7. The molecule has 1 N–H and O–H groups in total. The molecule has 4 rings (SSSR count). The number of sulfonamides is 1. The molecule has 1 fully saturated rings. The number of fused-ring (bicyclic) bond motifs is 1. The summed E-state index contributed by atoms with van der Waals surface area (Å²) >= 11 is 0. The summed E-state index contributed by atoms with van der Waals surface area (Å²) in [5, 5.41) is 0.845. The highest BCUT2D eigenvalue weighted by atomic mass is 32.2. The Bertz CT molecular complexity index is 1190. The SMILES string of the molecule is COc1ncc(-c2cc(OC3CCOC3)c3ncnc(C)c3c2)cc1NS(C)(=O)=O. The molecule has 1 saturated heterocycles. The molecular weight excluding hydrogens is 408 g/mol. The van der Waals surface area contributed by atoms with Crippen LogP contribution in [0.5, 0.6) is 11.6 Å². The molecule has 1 aliphatic heterocycles. The summed E-state index contributed by atoms with van der Waals surface area (Å²) in [5.74, 6) is 0.806. The van der Waals surface area contributed by atoms with Gasteiger partial charge in [-0.3, -0.25) is 4.72 Å². The van der Waals surface area contributed by atoms with Gasteiger partial charge >= 0.3 is 0 Å². The number of pyridine rings is 1. The highest BCUT2D eigenvalue weighted by Crippen LogP contribution is 2.35. The van der Waals surface area contributed by atoms with E-state index in [4.69, 9.17) is 14.2 Å². The number of anilines is 1. The van der Waals surface area contributed by atoms with Crippen LogP contribution in [0, 0.1) is 6.92 Å². The smallest absolute Gasteiger partial charge is 0.238 e. The Morgan fingerprint density at radius 1 is 1.17 bits per heavy atom. The Morgan fingerprint density at radius 2 is 2.00 bits per heavy atom. The summed E-state index contributed by atoms with van der Waals surface area (Å²) in [5.41, 5.74) is 3.27. The monoisotopic (exact) mass is 430 g/mol. The van der Waals surface area contributed by atoms with E-state index in [0.717, 1.165) is 29.3 Å². The molecule has 9 nitrogen and oxygen atoms in total. The highest BCUT2D eigenvalue weighted by Gasteiger charge is 2.20. The van der Waals surface area contributed by atoms with E-state index in [1.54, 1.807) is 12.3 Å². The van der Waals surface area contributed by atoms with Gasteiger partial charge in [0.05, 0.1) is 26.6 Å². The van der Waals surface area contributed by atoms with E-state index >= 15 is 0 Å². The second kappa shape index (κ2) is 8.04. The Morgan fingerprint density at radius 3 is 2.70 bits per heavy atom. The van der Waals surface area contributed by atoms with E-state index in [0.29, 0.717) is 30.0 Å². The van der Waals surface area contributed by atoms with Gasteiger partial charge in [-0.25, -0.2) is 23.4 Å². The number of nitrogens with zero attached hydrogens (tertiary/aromatic N) is 3. The van der Waals surface area contributed by atoms with Crippen LogP contribution in [0.1, 0.15) is 12.1 Å². The molecule has 30 heavy (non-hydrogen) atoms. The first-order chi connectivity index (χ1) is 14.3. The summed E-state index contributed by atoms with van der Waals surface area (Å²) in [6, 6.07) is 5.49. The van der Waals surface area contributed by atoms with Gasteiger partial charge in [-0.05, 0) is 30.7 Å². The van der Waals surface area contributed by atoms with Gasteiger partial charge in [-0.2, -0.15) is 0 Å². The summed E-state index contributed by atoms with van der Waals surface area (Å²) in [6.07, 6.45) is 4.97. The third-order valence-electron chi connectivity index (χ3n) is 4.76. The van der Waals surface area contributed by atoms with Crippen molar-refractivity contribution in [2.75, 3.05) is 31.3 Å². The molecule has 0 radical (unpaired) electrons. The second-order valence-corrected chi connectivity index (χ2v) is 8.84. The molecule has 2 aromatic heterocycles. The number of hydrogen-bond acceptors (Lipinski definition) is 8. The topological polar surface area (TPSA) is 113 Å². The quantitative estimate of drug-likeness (QED) is 0.635. The number of rotatable bonds is 6. The lowest BCUT2D eigenvalue weighted by molar-refractivity contribution is 0.142. The second-order valence-electron chi connectivity index (χ2n) is 7.09. The summed E-state index contributed by atoms with van der Waals surface area (Å²) in [6.45, 7) is 3.10. The first kappa shape index (κ1) is 20.3. The van der Waals surface area contributed by atoms with Crippen LogP contribution in [-0.2, 0) is 14.8 Å². The fourth-order valence-corrected chi connectivity index (χ4v) is 3.89. The van der Waals surface area contributed by atoms with Gasteiger partial charge in [0.25, 0.3) is 0 Å². The first-order valence-electron chi connectivity index (χ1n) is 9.36. The van der Waals surface area contributed by atoms with Crippen molar-refractivity contribution in [3.63, 3.8) is 0 Å². The normalized spacial score (nSPS) is 16.6. The van der Waals surface area contributed by atoms with Gasteiger partial charge in [0.1, 0.15) is 29.4 Å². The maximum absolute atomic E-state index is 11.7. The number of hydrogen-bond donors (Lipinski definition) is 1. The lowest BCUT2D eigenvalue weighted by atomic mass is 10.0. The Hall–Kier alpha value is -2.98. The molecule has 3 heterocycles. The Balaban J connectivity index is 1.84. The van der Waals surface area contributed by atoms with Crippen molar-refractivity contribution in [2.45, 2.75) is 19.4 Å². The van der Waals surface area contributed by atoms with Gasteiger partial charge in [0.2, 0.25) is 15.9 Å². The highest BCUT2D eigenvalue weighted by molar-refractivity contribution is 7.92. The molecule has 1 aliphatic rings. The van der Waals surface area contributed by atoms with E-state index < -0.39 is 10.0 Å². The van der Waals surface area contributed by atoms with Crippen LogP contribution >= 0.6 is 0 Å². The van der Waals surface area contributed by atoms with Gasteiger partial charge in [-0.1, -0.05) is 0 Å². The van der Waals surface area contributed by atoms with E-state index in [2.05, 4.69) is 19.7 Å². The average molecular weight is 430 g/mol. The van der Waals surface area contributed by atoms with Gasteiger partial charge in [-0.15, -0.1) is 0 Å². The van der Waals surface area contributed by atoms with Crippen molar-refractivity contribution in [3.8, 4) is 22.8 Å². The molecule has 0 saturated carbocycles. The lowest BCUT2D eigenvalue weighted by Crippen LogP contribution is -2.16. The lowest BCUT2D eigenvalue weighted by Gasteiger charge is -2.16. The first-order valence-corrected chi connectivity index (χ1v) is 11.2. The van der Waals surface area contributed by atoms with Crippen molar-refractivity contribution in [2.24, 2.45) is 0 Å². The molecule has 10 heteroatoms.